The van der Waals surface area contributed by atoms with E-state index in [9.17, 15) is 9.90 Å². The number of phenolic OH excluding ortho intramolecular Hbond substituents is 1. The normalized spacial score (nSPS) is 11.4. The fraction of sp³-hybridized carbons (Fsp3) is 0.158. The van der Waals surface area contributed by atoms with Gasteiger partial charge in [0, 0.05) is 18.1 Å². The second-order valence-corrected chi connectivity index (χ2v) is 5.71. The van der Waals surface area contributed by atoms with Crippen molar-refractivity contribution < 1.29 is 14.3 Å². The number of hydrogen-bond donors (Lipinski definition) is 1. The van der Waals surface area contributed by atoms with Crippen LogP contribution < -0.4 is 5.69 Å². The number of fused-ring (bicyclic) bond motifs is 3. The fourth-order valence-corrected chi connectivity index (χ4v) is 2.97. The van der Waals surface area contributed by atoms with Gasteiger partial charge in [-0.25, -0.2) is 4.79 Å². The molecule has 2 heterocycles. The molecule has 0 amide bonds. The molecule has 0 saturated carbocycles. The molecular formula is C19H16N2O4. The Labute approximate surface area is 142 Å². The molecule has 6 nitrogen and oxygen atoms in total. The summed E-state index contributed by atoms with van der Waals surface area (Å²) in [6.45, 7) is 0.785. The van der Waals surface area contributed by atoms with Gasteiger partial charge in [-0.2, -0.15) is 4.98 Å². The van der Waals surface area contributed by atoms with Gasteiger partial charge < -0.3 is 14.3 Å². The molecule has 0 bridgehead atoms. The van der Waals surface area contributed by atoms with E-state index >= 15 is 0 Å². The molecule has 6 heteroatoms. The molecule has 0 atom stereocenters. The highest BCUT2D eigenvalue weighted by atomic mass is 16.5. The first-order chi connectivity index (χ1) is 12.2. The van der Waals surface area contributed by atoms with E-state index in [4.69, 9.17) is 9.15 Å². The molecule has 0 radical (unpaired) electrons. The molecule has 2 aromatic heterocycles. The van der Waals surface area contributed by atoms with Crippen molar-refractivity contribution >= 4 is 22.1 Å². The first kappa shape index (κ1) is 15.4. The van der Waals surface area contributed by atoms with E-state index in [1.54, 1.807) is 35.9 Å². The number of hydrogen-bond acceptors (Lipinski definition) is 5. The standard InChI is InChI=1S/C19H16N2O4/c1-24-11-10-21-17-14-4-2-3-5-15(14)25-18(17)16(20-19(21)23)12-6-8-13(22)9-7-12/h2-9,22H,10-11H2,1H3. The predicted octanol–water partition coefficient (Wildman–Crippen LogP) is 3.16. The van der Waals surface area contributed by atoms with Crippen molar-refractivity contribution in [2.45, 2.75) is 6.54 Å². The first-order valence-corrected chi connectivity index (χ1v) is 7.89. The predicted molar refractivity (Wildman–Crippen MR) is 94.8 cm³/mol. The van der Waals surface area contributed by atoms with Crippen molar-refractivity contribution in [3.8, 4) is 17.0 Å². The molecule has 0 spiro atoms. The van der Waals surface area contributed by atoms with Gasteiger partial charge in [0.15, 0.2) is 5.58 Å². The smallest absolute Gasteiger partial charge is 0.348 e. The summed E-state index contributed by atoms with van der Waals surface area (Å²) in [4.78, 5) is 16.9. The van der Waals surface area contributed by atoms with Crippen molar-refractivity contribution in [1.82, 2.24) is 9.55 Å². The summed E-state index contributed by atoms with van der Waals surface area (Å²) in [5.74, 6) is 0.151. The van der Waals surface area contributed by atoms with Crippen LogP contribution in [0.25, 0.3) is 33.3 Å². The van der Waals surface area contributed by atoms with Gasteiger partial charge in [-0.3, -0.25) is 4.57 Å². The van der Waals surface area contributed by atoms with Crippen LogP contribution in [0.4, 0.5) is 0 Å². The van der Waals surface area contributed by atoms with Gasteiger partial charge in [-0.1, -0.05) is 12.1 Å². The summed E-state index contributed by atoms with van der Waals surface area (Å²) in [6.07, 6.45) is 0. The van der Waals surface area contributed by atoms with Crippen LogP contribution in [0.1, 0.15) is 0 Å². The highest BCUT2D eigenvalue weighted by molar-refractivity contribution is 6.06. The van der Waals surface area contributed by atoms with Crippen LogP contribution in [-0.2, 0) is 11.3 Å². The largest absolute Gasteiger partial charge is 0.508 e. The topological polar surface area (TPSA) is 77.5 Å². The van der Waals surface area contributed by atoms with E-state index in [-0.39, 0.29) is 11.4 Å². The van der Waals surface area contributed by atoms with Gasteiger partial charge in [-0.05, 0) is 36.4 Å². The second kappa shape index (κ2) is 6.07. The number of benzene rings is 2. The van der Waals surface area contributed by atoms with E-state index in [1.165, 1.54) is 0 Å². The molecule has 0 saturated heterocycles. The van der Waals surface area contributed by atoms with Gasteiger partial charge in [-0.15, -0.1) is 0 Å². The summed E-state index contributed by atoms with van der Waals surface area (Å²) in [7, 11) is 1.59. The lowest BCUT2D eigenvalue weighted by atomic mass is 10.1. The Kier molecular flexibility index (Phi) is 3.74. The van der Waals surface area contributed by atoms with E-state index in [0.717, 1.165) is 5.39 Å². The summed E-state index contributed by atoms with van der Waals surface area (Å²) < 4.78 is 12.7. The Balaban J connectivity index is 2.08. The maximum absolute atomic E-state index is 12.6. The summed E-state index contributed by atoms with van der Waals surface area (Å²) >= 11 is 0. The van der Waals surface area contributed by atoms with Crippen LogP contribution in [-0.4, -0.2) is 28.4 Å². The Hall–Kier alpha value is -3.12. The zero-order valence-corrected chi connectivity index (χ0v) is 13.6. The minimum Gasteiger partial charge on any atom is -0.508 e. The number of aromatic nitrogens is 2. The molecular weight excluding hydrogens is 320 g/mol. The van der Waals surface area contributed by atoms with Crippen molar-refractivity contribution in [2.24, 2.45) is 0 Å². The minimum atomic E-state index is -0.362. The molecule has 0 aliphatic heterocycles. The van der Waals surface area contributed by atoms with Crippen LogP contribution in [0.15, 0.2) is 57.7 Å². The quantitative estimate of drug-likeness (QED) is 0.619. The van der Waals surface area contributed by atoms with Crippen LogP contribution >= 0.6 is 0 Å². The van der Waals surface area contributed by atoms with Gasteiger partial charge >= 0.3 is 5.69 Å². The maximum Gasteiger partial charge on any atom is 0.348 e. The summed E-state index contributed by atoms with van der Waals surface area (Å²) in [5.41, 5.74) is 2.75. The molecule has 25 heavy (non-hydrogen) atoms. The van der Waals surface area contributed by atoms with Crippen molar-refractivity contribution in [3.05, 3.63) is 59.0 Å². The highest BCUT2D eigenvalue weighted by Gasteiger charge is 2.19. The SMILES string of the molecule is COCCn1c(=O)nc(-c2ccc(O)cc2)c2oc3ccccc3c21. The Morgan fingerprint density at radius 1 is 1.16 bits per heavy atom. The number of nitrogens with zero attached hydrogens (tertiary/aromatic N) is 2. The third kappa shape index (κ3) is 2.56. The molecule has 0 unspecified atom stereocenters. The van der Waals surface area contributed by atoms with Crippen molar-refractivity contribution in [3.63, 3.8) is 0 Å². The number of ether oxygens (including phenoxy) is 1. The Bertz CT molecular complexity index is 1110. The average molecular weight is 336 g/mol. The van der Waals surface area contributed by atoms with Crippen molar-refractivity contribution in [1.29, 1.82) is 0 Å². The number of aromatic hydroxyl groups is 1. The summed E-state index contributed by atoms with van der Waals surface area (Å²) in [5, 5.41) is 10.4. The van der Waals surface area contributed by atoms with E-state index in [0.29, 0.717) is 41.1 Å². The lowest BCUT2D eigenvalue weighted by Crippen LogP contribution is -2.25. The van der Waals surface area contributed by atoms with Gasteiger partial charge in [0.1, 0.15) is 22.5 Å². The molecule has 1 N–H and O–H groups in total. The van der Waals surface area contributed by atoms with Gasteiger partial charge in [0.2, 0.25) is 0 Å². The van der Waals surface area contributed by atoms with Crippen LogP contribution in [0.3, 0.4) is 0 Å². The van der Waals surface area contributed by atoms with Gasteiger partial charge in [0.05, 0.1) is 13.2 Å². The number of rotatable bonds is 4. The first-order valence-electron chi connectivity index (χ1n) is 7.89. The molecule has 2 aromatic carbocycles. The van der Waals surface area contributed by atoms with Crippen LogP contribution in [0.2, 0.25) is 0 Å². The number of methoxy groups -OCH3 is 1. The highest BCUT2D eigenvalue weighted by Crippen LogP contribution is 2.33. The third-order valence-corrected chi connectivity index (χ3v) is 4.15. The Morgan fingerprint density at radius 3 is 2.68 bits per heavy atom. The summed E-state index contributed by atoms with van der Waals surface area (Å²) in [6, 6.07) is 14.1. The van der Waals surface area contributed by atoms with Crippen LogP contribution in [0.5, 0.6) is 5.75 Å². The van der Waals surface area contributed by atoms with Crippen LogP contribution in [0, 0.1) is 0 Å². The zero-order valence-electron chi connectivity index (χ0n) is 13.6. The molecule has 4 aromatic rings. The maximum atomic E-state index is 12.6. The molecule has 4 rings (SSSR count). The van der Waals surface area contributed by atoms with E-state index < -0.39 is 0 Å². The lowest BCUT2D eigenvalue weighted by Gasteiger charge is -2.09. The van der Waals surface area contributed by atoms with E-state index in [1.807, 2.05) is 24.3 Å². The monoisotopic (exact) mass is 336 g/mol. The minimum absolute atomic E-state index is 0.151. The zero-order chi connectivity index (χ0) is 17.4. The number of furan rings is 1. The molecule has 0 aliphatic rings. The second-order valence-electron chi connectivity index (χ2n) is 5.71. The Morgan fingerprint density at radius 2 is 1.92 bits per heavy atom. The number of para-hydroxylation sites is 1. The average Bonchev–Trinajstić information content (AvgIpc) is 3.01. The lowest BCUT2D eigenvalue weighted by molar-refractivity contribution is 0.187. The number of phenols is 1. The molecule has 126 valence electrons. The van der Waals surface area contributed by atoms with E-state index in [2.05, 4.69) is 4.98 Å². The third-order valence-electron chi connectivity index (χ3n) is 4.15. The van der Waals surface area contributed by atoms with Gasteiger partial charge in [0.25, 0.3) is 0 Å². The molecule has 0 aliphatic carbocycles. The fourth-order valence-electron chi connectivity index (χ4n) is 2.97. The van der Waals surface area contributed by atoms with Crippen molar-refractivity contribution in [2.75, 3.05) is 13.7 Å². The molecule has 0 fully saturated rings.